The number of aromatic nitrogens is 1. The first-order valence-corrected chi connectivity index (χ1v) is 5.75. The van der Waals surface area contributed by atoms with Gasteiger partial charge in [-0.15, -0.1) is 0 Å². The fourth-order valence-corrected chi connectivity index (χ4v) is 1.81. The molecule has 0 spiro atoms. The Bertz CT molecular complexity index is 513. The molecule has 0 unspecified atom stereocenters. The van der Waals surface area contributed by atoms with Gasteiger partial charge in [0.1, 0.15) is 11.6 Å². The van der Waals surface area contributed by atoms with Gasteiger partial charge in [0.2, 0.25) is 0 Å². The van der Waals surface area contributed by atoms with Crippen molar-refractivity contribution in [2.45, 2.75) is 6.54 Å². The molecule has 5 heteroatoms. The number of hydrogen-bond acceptors (Lipinski definition) is 3. The molecule has 0 bridgehead atoms. The molecule has 1 aromatic carbocycles. The average molecular weight is 297 g/mol. The number of halogens is 2. The molecule has 0 saturated heterocycles. The fraction of sp³-hybridized carbons (Fsp3) is 0.0833. The van der Waals surface area contributed by atoms with Crippen molar-refractivity contribution >= 4 is 21.6 Å². The molecule has 0 aliphatic carbocycles. The number of anilines is 1. The van der Waals surface area contributed by atoms with E-state index in [2.05, 4.69) is 26.2 Å². The second-order valence-corrected chi connectivity index (χ2v) is 4.48. The van der Waals surface area contributed by atoms with Gasteiger partial charge in [-0.25, -0.2) is 4.39 Å². The van der Waals surface area contributed by atoms with Crippen LogP contribution in [0.1, 0.15) is 5.56 Å². The molecule has 0 aliphatic rings. The summed E-state index contributed by atoms with van der Waals surface area (Å²) in [5.41, 5.74) is 1.49. The Morgan fingerprint density at radius 1 is 1.24 bits per heavy atom. The molecule has 17 heavy (non-hydrogen) atoms. The molecule has 2 aromatic rings. The van der Waals surface area contributed by atoms with Gasteiger partial charge in [-0.3, -0.25) is 4.98 Å². The van der Waals surface area contributed by atoms with Gasteiger partial charge in [0, 0.05) is 23.3 Å². The van der Waals surface area contributed by atoms with Crippen LogP contribution in [0.5, 0.6) is 5.75 Å². The lowest BCUT2D eigenvalue weighted by molar-refractivity contribution is 0.468. The summed E-state index contributed by atoms with van der Waals surface area (Å²) < 4.78 is 13.9. The van der Waals surface area contributed by atoms with E-state index in [1.54, 1.807) is 12.4 Å². The van der Waals surface area contributed by atoms with Crippen LogP contribution < -0.4 is 5.32 Å². The molecule has 0 atom stereocenters. The standard InChI is InChI=1S/C12H10BrFN2O/c13-9-3-11(7-15-6-9)16-5-8-1-10(14)4-12(17)2-8/h1-4,6-7,16-17H,5H2. The van der Waals surface area contributed by atoms with Crippen LogP contribution in [-0.4, -0.2) is 10.1 Å². The van der Waals surface area contributed by atoms with E-state index in [1.807, 2.05) is 6.07 Å². The van der Waals surface area contributed by atoms with Gasteiger partial charge in [0.05, 0.1) is 11.9 Å². The minimum absolute atomic E-state index is 0.0748. The monoisotopic (exact) mass is 296 g/mol. The zero-order chi connectivity index (χ0) is 12.3. The van der Waals surface area contributed by atoms with E-state index in [0.29, 0.717) is 12.1 Å². The number of phenolic OH excluding ortho intramolecular Hbond substituents is 1. The summed E-state index contributed by atoms with van der Waals surface area (Å²) in [6.45, 7) is 0.420. The smallest absolute Gasteiger partial charge is 0.127 e. The summed E-state index contributed by atoms with van der Waals surface area (Å²) >= 11 is 3.31. The summed E-state index contributed by atoms with van der Waals surface area (Å²) in [6, 6.07) is 5.83. The molecule has 2 N–H and O–H groups in total. The third-order valence-corrected chi connectivity index (χ3v) is 2.58. The summed E-state index contributed by atoms with van der Waals surface area (Å²) in [4.78, 5) is 4.00. The summed E-state index contributed by atoms with van der Waals surface area (Å²) in [7, 11) is 0. The lowest BCUT2D eigenvalue weighted by Gasteiger charge is -2.07. The molecule has 1 aromatic heterocycles. The predicted molar refractivity (Wildman–Crippen MR) is 67.3 cm³/mol. The van der Waals surface area contributed by atoms with Gasteiger partial charge in [0.25, 0.3) is 0 Å². The molecule has 0 fully saturated rings. The number of benzene rings is 1. The van der Waals surface area contributed by atoms with Gasteiger partial charge in [-0.05, 0) is 39.7 Å². The third-order valence-electron chi connectivity index (χ3n) is 2.14. The lowest BCUT2D eigenvalue weighted by Crippen LogP contribution is -2.00. The Morgan fingerprint density at radius 3 is 2.76 bits per heavy atom. The Morgan fingerprint density at radius 2 is 2.06 bits per heavy atom. The maximum absolute atomic E-state index is 13.0. The van der Waals surface area contributed by atoms with Crippen molar-refractivity contribution in [2.24, 2.45) is 0 Å². The van der Waals surface area contributed by atoms with Crippen molar-refractivity contribution < 1.29 is 9.50 Å². The van der Waals surface area contributed by atoms with Gasteiger partial charge in [-0.1, -0.05) is 0 Å². The first-order valence-electron chi connectivity index (χ1n) is 4.96. The van der Waals surface area contributed by atoms with Crippen molar-refractivity contribution in [3.63, 3.8) is 0 Å². The number of phenols is 1. The minimum atomic E-state index is -0.450. The van der Waals surface area contributed by atoms with Crippen molar-refractivity contribution in [2.75, 3.05) is 5.32 Å². The Kier molecular flexibility index (Phi) is 3.58. The zero-order valence-electron chi connectivity index (χ0n) is 8.82. The molecule has 1 heterocycles. The SMILES string of the molecule is Oc1cc(F)cc(CNc2cncc(Br)c2)c1. The number of nitrogens with zero attached hydrogens (tertiary/aromatic N) is 1. The van der Waals surface area contributed by atoms with E-state index in [9.17, 15) is 9.50 Å². The maximum Gasteiger partial charge on any atom is 0.127 e. The summed E-state index contributed by atoms with van der Waals surface area (Å²) in [5, 5.41) is 12.3. The number of pyridine rings is 1. The normalized spacial score (nSPS) is 10.2. The van der Waals surface area contributed by atoms with Crippen LogP contribution in [0, 0.1) is 5.82 Å². The largest absolute Gasteiger partial charge is 0.508 e. The molecule has 0 saturated carbocycles. The highest BCUT2D eigenvalue weighted by Gasteiger charge is 2.00. The van der Waals surface area contributed by atoms with Crippen LogP contribution in [0.3, 0.4) is 0 Å². The van der Waals surface area contributed by atoms with E-state index in [-0.39, 0.29) is 5.75 Å². The number of rotatable bonds is 3. The van der Waals surface area contributed by atoms with E-state index in [1.165, 1.54) is 12.1 Å². The van der Waals surface area contributed by atoms with Crippen LogP contribution in [0.25, 0.3) is 0 Å². The van der Waals surface area contributed by atoms with E-state index >= 15 is 0 Å². The molecule has 2 rings (SSSR count). The predicted octanol–water partition coefficient (Wildman–Crippen LogP) is 3.30. The molecule has 0 amide bonds. The molecular weight excluding hydrogens is 287 g/mol. The van der Waals surface area contributed by atoms with Gasteiger partial charge in [0.15, 0.2) is 0 Å². The van der Waals surface area contributed by atoms with Crippen LogP contribution in [-0.2, 0) is 6.54 Å². The Labute approximate surface area is 106 Å². The van der Waals surface area contributed by atoms with Crippen LogP contribution >= 0.6 is 15.9 Å². The third kappa shape index (κ3) is 3.42. The molecule has 0 radical (unpaired) electrons. The maximum atomic E-state index is 13.0. The average Bonchev–Trinajstić information content (AvgIpc) is 2.25. The number of aromatic hydroxyl groups is 1. The van der Waals surface area contributed by atoms with Gasteiger partial charge < -0.3 is 10.4 Å². The van der Waals surface area contributed by atoms with Crippen LogP contribution in [0.15, 0.2) is 41.1 Å². The van der Waals surface area contributed by atoms with E-state index in [4.69, 9.17) is 0 Å². The van der Waals surface area contributed by atoms with Gasteiger partial charge >= 0.3 is 0 Å². The molecule has 0 aliphatic heterocycles. The molecular formula is C12H10BrFN2O. The fourth-order valence-electron chi connectivity index (χ4n) is 1.45. The first kappa shape index (κ1) is 11.9. The van der Waals surface area contributed by atoms with E-state index in [0.717, 1.165) is 16.2 Å². The quantitative estimate of drug-likeness (QED) is 0.913. The molecule has 3 nitrogen and oxygen atoms in total. The Hall–Kier alpha value is -1.62. The highest BCUT2D eigenvalue weighted by molar-refractivity contribution is 9.10. The number of nitrogens with one attached hydrogen (secondary N) is 1. The van der Waals surface area contributed by atoms with Crippen molar-refractivity contribution in [3.8, 4) is 5.75 Å². The summed E-state index contributed by atoms with van der Waals surface area (Å²) in [5.74, 6) is -0.525. The van der Waals surface area contributed by atoms with Crippen molar-refractivity contribution in [1.29, 1.82) is 0 Å². The lowest BCUT2D eigenvalue weighted by atomic mass is 10.2. The van der Waals surface area contributed by atoms with Gasteiger partial charge in [-0.2, -0.15) is 0 Å². The molecule has 88 valence electrons. The minimum Gasteiger partial charge on any atom is -0.508 e. The topological polar surface area (TPSA) is 45.1 Å². The second-order valence-electron chi connectivity index (χ2n) is 3.56. The first-order chi connectivity index (χ1) is 8.13. The van der Waals surface area contributed by atoms with Crippen LogP contribution in [0.2, 0.25) is 0 Å². The summed E-state index contributed by atoms with van der Waals surface area (Å²) in [6.07, 6.45) is 3.35. The van der Waals surface area contributed by atoms with E-state index < -0.39 is 5.82 Å². The number of hydrogen-bond donors (Lipinski definition) is 2. The second kappa shape index (κ2) is 5.14. The van der Waals surface area contributed by atoms with Crippen molar-refractivity contribution in [1.82, 2.24) is 4.98 Å². The Balaban J connectivity index is 2.07. The van der Waals surface area contributed by atoms with Crippen molar-refractivity contribution in [3.05, 3.63) is 52.5 Å². The van der Waals surface area contributed by atoms with Crippen LogP contribution in [0.4, 0.5) is 10.1 Å². The highest BCUT2D eigenvalue weighted by Crippen LogP contribution is 2.17. The highest BCUT2D eigenvalue weighted by atomic mass is 79.9. The zero-order valence-corrected chi connectivity index (χ0v) is 10.4.